The maximum Gasteiger partial charge on any atom is 0.294 e. The van der Waals surface area contributed by atoms with Crippen molar-refractivity contribution in [2.45, 2.75) is 12.8 Å². The quantitative estimate of drug-likeness (QED) is 0.373. The number of rotatable bonds is 6. The van der Waals surface area contributed by atoms with Gasteiger partial charge in [-0.25, -0.2) is 0 Å². The molecule has 2 N–H and O–H groups in total. The fourth-order valence-corrected chi connectivity index (χ4v) is 2.55. The molecule has 1 aromatic heterocycles. The molecular formula is C17H17N3O5. The highest BCUT2D eigenvalue weighted by atomic mass is 16.6. The summed E-state index contributed by atoms with van der Waals surface area (Å²) in [6, 6.07) is 7.59. The minimum absolute atomic E-state index is 0.0996. The Balaban J connectivity index is 1.99. The number of carbonyl (C=O) groups is 1. The average Bonchev–Trinajstić information content (AvgIpc) is 3.10. The Labute approximate surface area is 143 Å². The van der Waals surface area contributed by atoms with E-state index < -0.39 is 4.92 Å². The molecule has 2 aromatic rings. The zero-order chi connectivity index (χ0) is 17.8. The minimum atomic E-state index is -0.503. The number of benzene rings is 1. The standard InChI is InChI=1S/C17H17N3O5/c18-7-1-2-8-19-14-10-12(20(22)23)5-6-15(14)25-16(17(19)21)11-13-4-3-9-24-13/h3-6,9-11H,1-2,7-8,18H2/b16-11+. The molecular weight excluding hydrogens is 326 g/mol. The van der Waals surface area contributed by atoms with E-state index in [9.17, 15) is 14.9 Å². The van der Waals surface area contributed by atoms with Crippen LogP contribution in [0.25, 0.3) is 6.08 Å². The number of non-ortho nitro benzene ring substituents is 1. The van der Waals surface area contributed by atoms with E-state index in [1.54, 1.807) is 12.1 Å². The normalized spacial score (nSPS) is 15.2. The van der Waals surface area contributed by atoms with E-state index in [1.807, 2.05) is 0 Å². The van der Waals surface area contributed by atoms with Crippen molar-refractivity contribution >= 4 is 23.4 Å². The molecule has 0 fully saturated rings. The largest absolute Gasteiger partial charge is 0.465 e. The Bertz CT molecular complexity index is 814. The first kappa shape index (κ1) is 16.7. The van der Waals surface area contributed by atoms with E-state index in [2.05, 4.69) is 0 Å². The summed E-state index contributed by atoms with van der Waals surface area (Å²) in [7, 11) is 0. The summed E-state index contributed by atoms with van der Waals surface area (Å²) in [6.45, 7) is 0.901. The van der Waals surface area contributed by atoms with E-state index in [1.165, 1.54) is 35.4 Å². The number of unbranched alkanes of at least 4 members (excludes halogenated alkanes) is 1. The zero-order valence-corrected chi connectivity index (χ0v) is 13.4. The van der Waals surface area contributed by atoms with Gasteiger partial charge in [-0.1, -0.05) is 0 Å². The average molecular weight is 343 g/mol. The lowest BCUT2D eigenvalue weighted by Gasteiger charge is -2.30. The van der Waals surface area contributed by atoms with E-state index in [-0.39, 0.29) is 17.4 Å². The molecule has 0 unspecified atom stereocenters. The van der Waals surface area contributed by atoms with Gasteiger partial charge in [-0.15, -0.1) is 0 Å². The van der Waals surface area contributed by atoms with Gasteiger partial charge in [-0.05, 0) is 37.6 Å². The number of hydrogen-bond donors (Lipinski definition) is 1. The Kier molecular flexibility index (Phi) is 4.80. The van der Waals surface area contributed by atoms with Crippen molar-refractivity contribution in [2.24, 2.45) is 5.73 Å². The molecule has 25 heavy (non-hydrogen) atoms. The van der Waals surface area contributed by atoms with E-state index in [0.29, 0.717) is 36.7 Å². The number of nitrogens with zero attached hydrogens (tertiary/aromatic N) is 2. The number of amides is 1. The number of nitrogens with two attached hydrogens (primary N) is 1. The lowest BCUT2D eigenvalue weighted by atomic mass is 10.1. The molecule has 0 saturated heterocycles. The summed E-state index contributed by atoms with van der Waals surface area (Å²) in [5.41, 5.74) is 5.80. The second-order valence-electron chi connectivity index (χ2n) is 5.49. The highest BCUT2D eigenvalue weighted by molar-refractivity contribution is 6.09. The van der Waals surface area contributed by atoms with Crippen LogP contribution in [0.3, 0.4) is 0 Å². The Morgan fingerprint density at radius 1 is 1.28 bits per heavy atom. The molecule has 3 rings (SSSR count). The molecule has 8 heteroatoms. The minimum Gasteiger partial charge on any atom is -0.465 e. The van der Waals surface area contributed by atoms with Gasteiger partial charge < -0.3 is 19.8 Å². The highest BCUT2D eigenvalue weighted by Crippen LogP contribution is 2.38. The number of nitro groups is 1. The third-order valence-electron chi connectivity index (χ3n) is 3.77. The lowest BCUT2D eigenvalue weighted by molar-refractivity contribution is -0.384. The fraction of sp³-hybridized carbons (Fsp3) is 0.235. The van der Waals surface area contributed by atoms with Crippen LogP contribution in [0, 0.1) is 10.1 Å². The number of ether oxygens (including phenoxy) is 1. The number of furan rings is 1. The first-order valence-electron chi connectivity index (χ1n) is 7.83. The second kappa shape index (κ2) is 7.18. The summed E-state index contributed by atoms with van der Waals surface area (Å²) in [4.78, 5) is 24.8. The predicted octanol–water partition coefficient (Wildman–Crippen LogP) is 2.69. The van der Waals surface area contributed by atoms with Gasteiger partial charge in [0.2, 0.25) is 0 Å². The van der Waals surface area contributed by atoms with Gasteiger partial charge in [0.05, 0.1) is 16.9 Å². The van der Waals surface area contributed by atoms with Crippen LogP contribution in [-0.4, -0.2) is 23.9 Å². The highest BCUT2D eigenvalue weighted by Gasteiger charge is 2.31. The van der Waals surface area contributed by atoms with Gasteiger partial charge in [-0.3, -0.25) is 14.9 Å². The molecule has 0 saturated carbocycles. The predicted molar refractivity (Wildman–Crippen MR) is 91.1 cm³/mol. The number of hydrogen-bond acceptors (Lipinski definition) is 6. The SMILES string of the molecule is NCCCCN1C(=O)/C(=C\c2ccco2)Oc2ccc([N+](=O)[O-])cc21. The summed E-state index contributed by atoms with van der Waals surface area (Å²) in [5.74, 6) is 0.594. The van der Waals surface area contributed by atoms with Gasteiger partial charge in [-0.2, -0.15) is 0 Å². The van der Waals surface area contributed by atoms with Gasteiger partial charge in [0, 0.05) is 24.8 Å². The first-order valence-corrected chi connectivity index (χ1v) is 7.83. The third-order valence-corrected chi connectivity index (χ3v) is 3.77. The number of anilines is 1. The van der Waals surface area contributed by atoms with Crippen LogP contribution in [0.15, 0.2) is 46.8 Å². The summed E-state index contributed by atoms with van der Waals surface area (Å²) in [6.07, 6.45) is 4.42. The Morgan fingerprint density at radius 3 is 2.80 bits per heavy atom. The zero-order valence-electron chi connectivity index (χ0n) is 13.4. The van der Waals surface area contributed by atoms with E-state index in [4.69, 9.17) is 14.9 Å². The van der Waals surface area contributed by atoms with Crippen molar-refractivity contribution in [2.75, 3.05) is 18.0 Å². The summed E-state index contributed by atoms with van der Waals surface area (Å²) in [5, 5.41) is 11.0. The maximum atomic E-state index is 12.8. The van der Waals surface area contributed by atoms with Crippen LogP contribution in [-0.2, 0) is 4.79 Å². The van der Waals surface area contributed by atoms with Crippen molar-refractivity contribution in [3.05, 3.63) is 58.2 Å². The molecule has 1 aliphatic rings. The third kappa shape index (κ3) is 3.53. The van der Waals surface area contributed by atoms with Crippen molar-refractivity contribution in [3.63, 3.8) is 0 Å². The fourth-order valence-electron chi connectivity index (χ4n) is 2.55. The van der Waals surface area contributed by atoms with Gasteiger partial charge >= 0.3 is 0 Å². The van der Waals surface area contributed by atoms with Crippen LogP contribution in [0.5, 0.6) is 5.75 Å². The second-order valence-corrected chi connectivity index (χ2v) is 5.49. The maximum absolute atomic E-state index is 12.8. The molecule has 0 bridgehead atoms. The molecule has 0 aliphatic carbocycles. The van der Waals surface area contributed by atoms with Crippen LogP contribution >= 0.6 is 0 Å². The van der Waals surface area contributed by atoms with Crippen LogP contribution < -0.4 is 15.4 Å². The number of fused-ring (bicyclic) bond motifs is 1. The molecule has 2 heterocycles. The molecule has 1 amide bonds. The van der Waals surface area contributed by atoms with Crippen LogP contribution in [0.1, 0.15) is 18.6 Å². The van der Waals surface area contributed by atoms with Crippen molar-refractivity contribution in [3.8, 4) is 5.75 Å². The van der Waals surface area contributed by atoms with Crippen molar-refractivity contribution < 1.29 is 18.9 Å². The number of nitro benzene ring substituents is 1. The number of carbonyl (C=O) groups excluding carboxylic acids is 1. The molecule has 0 spiro atoms. The molecule has 1 aliphatic heterocycles. The molecule has 0 radical (unpaired) electrons. The molecule has 0 atom stereocenters. The summed E-state index contributed by atoms with van der Waals surface area (Å²) < 4.78 is 10.9. The molecule has 8 nitrogen and oxygen atoms in total. The molecule has 1 aromatic carbocycles. The first-order chi connectivity index (χ1) is 12.1. The Morgan fingerprint density at radius 2 is 2.12 bits per heavy atom. The summed E-state index contributed by atoms with van der Waals surface area (Å²) >= 11 is 0. The van der Waals surface area contributed by atoms with Crippen molar-refractivity contribution in [1.82, 2.24) is 0 Å². The van der Waals surface area contributed by atoms with Gasteiger partial charge in [0.1, 0.15) is 5.76 Å². The smallest absolute Gasteiger partial charge is 0.294 e. The topological polar surface area (TPSA) is 112 Å². The van der Waals surface area contributed by atoms with E-state index in [0.717, 1.165) is 6.42 Å². The Hall–Kier alpha value is -3.13. The van der Waals surface area contributed by atoms with Crippen LogP contribution in [0.4, 0.5) is 11.4 Å². The van der Waals surface area contributed by atoms with Crippen molar-refractivity contribution in [1.29, 1.82) is 0 Å². The van der Waals surface area contributed by atoms with Crippen LogP contribution in [0.2, 0.25) is 0 Å². The van der Waals surface area contributed by atoms with E-state index >= 15 is 0 Å². The molecule has 130 valence electrons. The van der Waals surface area contributed by atoms with Gasteiger partial charge in [0.25, 0.3) is 11.6 Å². The van der Waals surface area contributed by atoms with Gasteiger partial charge in [0.15, 0.2) is 11.5 Å². The monoisotopic (exact) mass is 343 g/mol. The lowest BCUT2D eigenvalue weighted by Crippen LogP contribution is -2.38.